The second-order valence-electron chi connectivity index (χ2n) is 4.12. The molecule has 1 aromatic carbocycles. The van der Waals surface area contributed by atoms with Crippen LogP contribution in [-0.4, -0.2) is 35.2 Å². The number of nitrogens with one attached hydrogen (secondary N) is 1. The molecule has 0 spiro atoms. The van der Waals surface area contributed by atoms with E-state index in [0.29, 0.717) is 0 Å². The van der Waals surface area contributed by atoms with E-state index in [2.05, 4.69) is 21.2 Å². The van der Waals surface area contributed by atoms with Gasteiger partial charge in [0.05, 0.1) is 10.0 Å². The van der Waals surface area contributed by atoms with Gasteiger partial charge in [0.2, 0.25) is 11.8 Å². The Hall–Kier alpha value is -1.76. The lowest BCUT2D eigenvalue weighted by Gasteiger charge is -2.31. The predicted molar refractivity (Wildman–Crippen MR) is 67.7 cm³/mol. The van der Waals surface area contributed by atoms with Gasteiger partial charge in [-0.05, 0) is 35.0 Å². The van der Waals surface area contributed by atoms with Crippen LogP contribution in [0, 0.1) is 5.82 Å². The van der Waals surface area contributed by atoms with Crippen molar-refractivity contribution in [1.29, 1.82) is 0 Å². The van der Waals surface area contributed by atoms with Gasteiger partial charge in [-0.3, -0.25) is 19.7 Å². The third kappa shape index (κ3) is 2.51. The number of piperazine rings is 1. The monoisotopic (exact) mass is 328 g/mol. The first-order valence-electron chi connectivity index (χ1n) is 5.50. The maximum absolute atomic E-state index is 13.4. The van der Waals surface area contributed by atoms with E-state index in [9.17, 15) is 18.8 Å². The number of imide groups is 1. The Bertz CT molecular complexity index is 576. The van der Waals surface area contributed by atoms with Gasteiger partial charge >= 0.3 is 0 Å². The average molecular weight is 329 g/mol. The van der Waals surface area contributed by atoms with E-state index in [1.54, 1.807) is 0 Å². The van der Waals surface area contributed by atoms with Gasteiger partial charge in [-0.1, -0.05) is 6.07 Å². The largest absolute Gasteiger partial charge is 0.318 e. The zero-order valence-corrected chi connectivity index (χ0v) is 11.5. The number of hydrogen-bond acceptors (Lipinski definition) is 3. The number of nitrogens with zero attached hydrogens (tertiary/aromatic N) is 1. The molecule has 0 aliphatic carbocycles. The third-order valence-corrected chi connectivity index (χ3v) is 3.67. The zero-order chi connectivity index (χ0) is 14.2. The molecule has 1 N–H and O–H groups in total. The van der Waals surface area contributed by atoms with Gasteiger partial charge in [0.1, 0.15) is 18.4 Å². The van der Waals surface area contributed by atoms with Gasteiger partial charge in [-0.2, -0.15) is 0 Å². The molecular formula is C12H10BrFN2O3. The molecule has 0 aromatic heterocycles. The van der Waals surface area contributed by atoms with E-state index in [0.717, 1.165) is 4.90 Å². The normalized spacial score (nSPS) is 19.3. The van der Waals surface area contributed by atoms with Crippen molar-refractivity contribution in [3.05, 3.63) is 34.1 Å². The van der Waals surface area contributed by atoms with Crippen molar-refractivity contribution in [2.24, 2.45) is 0 Å². The Labute approximate surface area is 116 Å². The van der Waals surface area contributed by atoms with E-state index in [-0.39, 0.29) is 16.6 Å². The highest BCUT2D eigenvalue weighted by atomic mass is 79.9. The standard InChI is InChI=1S/C12H10BrFN2O3/c1-6-11(18)15-9(17)5-16(6)12(19)7-3-2-4-8(14)10(7)13/h2-4,6H,5H2,1H3,(H,15,17,18). The van der Waals surface area contributed by atoms with Crippen LogP contribution in [0.1, 0.15) is 17.3 Å². The highest BCUT2D eigenvalue weighted by Gasteiger charge is 2.34. The predicted octanol–water partition coefficient (Wildman–Crippen LogP) is 1.08. The molecule has 100 valence electrons. The van der Waals surface area contributed by atoms with Gasteiger partial charge in [0.15, 0.2) is 0 Å². The lowest BCUT2D eigenvalue weighted by atomic mass is 10.1. The molecule has 19 heavy (non-hydrogen) atoms. The summed E-state index contributed by atoms with van der Waals surface area (Å²) in [5.74, 6) is -2.24. The quantitative estimate of drug-likeness (QED) is 0.784. The summed E-state index contributed by atoms with van der Waals surface area (Å²) >= 11 is 2.99. The molecule has 0 bridgehead atoms. The molecule has 1 fully saturated rings. The molecule has 5 nitrogen and oxygen atoms in total. The smallest absolute Gasteiger partial charge is 0.256 e. The summed E-state index contributed by atoms with van der Waals surface area (Å²) in [5.41, 5.74) is 0.0781. The lowest BCUT2D eigenvalue weighted by molar-refractivity contribution is -0.138. The summed E-state index contributed by atoms with van der Waals surface area (Å²) in [6.45, 7) is 1.28. The molecule has 1 unspecified atom stereocenters. The minimum absolute atomic E-state index is 0.0191. The molecule has 0 radical (unpaired) electrons. The van der Waals surface area contributed by atoms with E-state index in [1.807, 2.05) is 0 Å². The van der Waals surface area contributed by atoms with E-state index >= 15 is 0 Å². The van der Waals surface area contributed by atoms with Crippen LogP contribution in [0.3, 0.4) is 0 Å². The second-order valence-corrected chi connectivity index (χ2v) is 4.92. The van der Waals surface area contributed by atoms with Gasteiger partial charge < -0.3 is 4.90 Å². The fourth-order valence-corrected chi connectivity index (χ4v) is 2.22. The fourth-order valence-electron chi connectivity index (χ4n) is 1.79. The highest BCUT2D eigenvalue weighted by Crippen LogP contribution is 2.23. The first-order chi connectivity index (χ1) is 8.91. The lowest BCUT2D eigenvalue weighted by Crippen LogP contribution is -2.58. The summed E-state index contributed by atoms with van der Waals surface area (Å²) in [5, 5.41) is 2.13. The molecule has 1 aliphatic rings. The van der Waals surface area contributed by atoms with Crippen LogP contribution < -0.4 is 5.32 Å². The fraction of sp³-hybridized carbons (Fsp3) is 0.250. The van der Waals surface area contributed by atoms with Crippen LogP contribution in [0.15, 0.2) is 22.7 Å². The van der Waals surface area contributed by atoms with Crippen LogP contribution in [0.25, 0.3) is 0 Å². The summed E-state index contributed by atoms with van der Waals surface area (Å²) in [6.07, 6.45) is 0. The van der Waals surface area contributed by atoms with Crippen LogP contribution >= 0.6 is 15.9 Å². The number of halogens is 2. The number of amides is 3. The molecule has 1 aromatic rings. The van der Waals surface area contributed by atoms with Crippen LogP contribution in [-0.2, 0) is 9.59 Å². The Morgan fingerprint density at radius 2 is 2.16 bits per heavy atom. The number of carbonyl (C=O) groups excluding carboxylic acids is 3. The number of rotatable bonds is 1. The Morgan fingerprint density at radius 3 is 2.84 bits per heavy atom. The molecule has 3 amide bonds. The third-order valence-electron chi connectivity index (χ3n) is 2.87. The minimum atomic E-state index is -0.777. The molecule has 1 heterocycles. The SMILES string of the molecule is CC1C(=O)NC(=O)CN1C(=O)c1cccc(F)c1Br. The zero-order valence-electron chi connectivity index (χ0n) is 9.94. The van der Waals surface area contributed by atoms with Crippen molar-refractivity contribution in [3.8, 4) is 0 Å². The first kappa shape index (κ1) is 13.7. The number of hydrogen-bond donors (Lipinski definition) is 1. The van der Waals surface area contributed by atoms with Crippen LogP contribution in [0.2, 0.25) is 0 Å². The molecule has 1 saturated heterocycles. The van der Waals surface area contributed by atoms with E-state index in [1.165, 1.54) is 25.1 Å². The van der Waals surface area contributed by atoms with E-state index in [4.69, 9.17) is 0 Å². The van der Waals surface area contributed by atoms with Crippen LogP contribution in [0.4, 0.5) is 4.39 Å². The summed E-state index contributed by atoms with van der Waals surface area (Å²) < 4.78 is 13.4. The average Bonchev–Trinajstić information content (AvgIpc) is 2.36. The molecular weight excluding hydrogens is 319 g/mol. The molecule has 7 heteroatoms. The number of carbonyl (C=O) groups is 3. The van der Waals surface area contributed by atoms with Crippen LogP contribution in [0.5, 0.6) is 0 Å². The highest BCUT2D eigenvalue weighted by molar-refractivity contribution is 9.10. The van der Waals surface area contributed by atoms with Crippen molar-refractivity contribution < 1.29 is 18.8 Å². The summed E-state index contributed by atoms with van der Waals surface area (Å²) in [7, 11) is 0. The topological polar surface area (TPSA) is 66.5 Å². The Balaban J connectivity index is 2.35. The van der Waals surface area contributed by atoms with Crippen molar-refractivity contribution in [2.45, 2.75) is 13.0 Å². The molecule has 1 aliphatic heterocycles. The van der Waals surface area contributed by atoms with E-state index < -0.39 is 29.6 Å². The Kier molecular flexibility index (Phi) is 3.66. The maximum Gasteiger partial charge on any atom is 0.256 e. The summed E-state index contributed by atoms with van der Waals surface area (Å²) in [4.78, 5) is 36.2. The molecule has 0 saturated carbocycles. The second kappa shape index (κ2) is 5.08. The molecule has 1 atom stereocenters. The van der Waals surface area contributed by atoms with Gasteiger partial charge in [-0.15, -0.1) is 0 Å². The van der Waals surface area contributed by atoms with Gasteiger partial charge in [-0.25, -0.2) is 4.39 Å². The maximum atomic E-state index is 13.4. The van der Waals surface area contributed by atoms with Crippen molar-refractivity contribution in [1.82, 2.24) is 10.2 Å². The van der Waals surface area contributed by atoms with Crippen molar-refractivity contribution in [2.75, 3.05) is 6.54 Å². The first-order valence-corrected chi connectivity index (χ1v) is 6.29. The number of benzene rings is 1. The molecule has 2 rings (SSSR count). The van der Waals surface area contributed by atoms with Gasteiger partial charge in [0, 0.05) is 0 Å². The summed E-state index contributed by atoms with van der Waals surface area (Å²) in [6, 6.07) is 3.25. The van der Waals surface area contributed by atoms with Crippen molar-refractivity contribution >= 4 is 33.7 Å². The van der Waals surface area contributed by atoms with Crippen molar-refractivity contribution in [3.63, 3.8) is 0 Å². The minimum Gasteiger partial charge on any atom is -0.318 e. The Morgan fingerprint density at radius 1 is 1.47 bits per heavy atom. The van der Waals surface area contributed by atoms with Gasteiger partial charge in [0.25, 0.3) is 5.91 Å².